The number of carbonyl (C=O) groups is 2. The second kappa shape index (κ2) is 8.97. The fourth-order valence-electron chi connectivity index (χ4n) is 1.83. The molecule has 0 spiro atoms. The summed E-state index contributed by atoms with van der Waals surface area (Å²) in [5.41, 5.74) is 1.24. The third-order valence-electron chi connectivity index (χ3n) is 3.10. The summed E-state index contributed by atoms with van der Waals surface area (Å²) in [6.07, 6.45) is 1.45. The van der Waals surface area contributed by atoms with Crippen molar-refractivity contribution < 1.29 is 19.4 Å². The fraction of sp³-hybridized carbons (Fsp3) is 0.467. The van der Waals surface area contributed by atoms with E-state index in [-0.39, 0.29) is 17.6 Å². The van der Waals surface area contributed by atoms with Gasteiger partial charge in [-0.05, 0) is 30.5 Å². The topological polar surface area (TPSA) is 87.7 Å². The number of ether oxygens (including phenoxy) is 1. The largest absolute Gasteiger partial charge is 0.478 e. The molecule has 2 amide bonds. The normalized spacial score (nSPS) is 11.7. The Bertz CT molecular complexity index is 459. The molecule has 0 aliphatic rings. The number of nitrogens with one attached hydrogen (secondary N) is 2. The summed E-state index contributed by atoms with van der Waals surface area (Å²) in [6.45, 7) is 2.95. The molecule has 0 saturated heterocycles. The van der Waals surface area contributed by atoms with E-state index in [0.29, 0.717) is 19.6 Å². The second-order valence-corrected chi connectivity index (χ2v) is 4.71. The van der Waals surface area contributed by atoms with Crippen molar-refractivity contribution in [2.24, 2.45) is 0 Å². The Morgan fingerprint density at radius 2 is 1.95 bits per heavy atom. The Hall–Kier alpha value is -2.08. The van der Waals surface area contributed by atoms with Crippen molar-refractivity contribution in [1.82, 2.24) is 10.6 Å². The molecular weight excluding hydrogens is 272 g/mol. The predicted octanol–water partition coefficient (Wildman–Crippen LogP) is 1.65. The molecule has 6 nitrogen and oxygen atoms in total. The second-order valence-electron chi connectivity index (χ2n) is 4.71. The lowest BCUT2D eigenvalue weighted by atomic mass is 10.1. The molecule has 3 N–H and O–H groups in total. The van der Waals surface area contributed by atoms with E-state index >= 15 is 0 Å². The van der Waals surface area contributed by atoms with E-state index in [0.717, 1.165) is 12.0 Å². The number of aromatic carboxylic acids is 1. The van der Waals surface area contributed by atoms with E-state index in [2.05, 4.69) is 10.6 Å². The van der Waals surface area contributed by atoms with Gasteiger partial charge in [-0.1, -0.05) is 19.1 Å². The van der Waals surface area contributed by atoms with Gasteiger partial charge in [0.25, 0.3) is 0 Å². The smallest absolute Gasteiger partial charge is 0.335 e. The minimum atomic E-state index is -0.942. The minimum absolute atomic E-state index is 0.00449. The maximum absolute atomic E-state index is 11.7. The molecule has 0 radical (unpaired) electrons. The molecule has 21 heavy (non-hydrogen) atoms. The van der Waals surface area contributed by atoms with Crippen LogP contribution in [0.2, 0.25) is 0 Å². The van der Waals surface area contributed by atoms with Gasteiger partial charge in [0.15, 0.2) is 0 Å². The van der Waals surface area contributed by atoms with Gasteiger partial charge >= 0.3 is 12.0 Å². The van der Waals surface area contributed by atoms with Crippen LogP contribution in [0.25, 0.3) is 0 Å². The van der Waals surface area contributed by atoms with Gasteiger partial charge in [0, 0.05) is 13.7 Å². The molecule has 0 heterocycles. The van der Waals surface area contributed by atoms with Gasteiger partial charge in [-0.3, -0.25) is 0 Å². The SMILES string of the molecule is CCC(COC)NC(=O)NCCc1ccc(C(=O)O)cc1. The molecule has 116 valence electrons. The lowest BCUT2D eigenvalue weighted by molar-refractivity contribution is 0.0697. The number of hydrogen-bond acceptors (Lipinski definition) is 3. The molecule has 0 fully saturated rings. The van der Waals surface area contributed by atoms with Crippen molar-refractivity contribution in [3.8, 4) is 0 Å². The highest BCUT2D eigenvalue weighted by molar-refractivity contribution is 5.87. The number of carboxylic acids is 1. The Labute approximate surface area is 124 Å². The first-order valence-electron chi connectivity index (χ1n) is 6.92. The number of benzene rings is 1. The summed E-state index contributed by atoms with van der Waals surface area (Å²) in [6, 6.07) is 6.41. The van der Waals surface area contributed by atoms with Crippen LogP contribution in [0, 0.1) is 0 Å². The van der Waals surface area contributed by atoms with Crippen molar-refractivity contribution in [3.63, 3.8) is 0 Å². The quantitative estimate of drug-likeness (QED) is 0.680. The zero-order valence-corrected chi connectivity index (χ0v) is 12.4. The van der Waals surface area contributed by atoms with Crippen LogP contribution < -0.4 is 10.6 Å². The predicted molar refractivity (Wildman–Crippen MR) is 79.6 cm³/mol. The van der Waals surface area contributed by atoms with Crippen LogP contribution in [0.3, 0.4) is 0 Å². The lowest BCUT2D eigenvalue weighted by Gasteiger charge is -2.16. The van der Waals surface area contributed by atoms with Crippen LogP contribution in [0.15, 0.2) is 24.3 Å². The molecule has 0 bridgehead atoms. The Morgan fingerprint density at radius 3 is 2.48 bits per heavy atom. The number of urea groups is 1. The molecule has 1 unspecified atom stereocenters. The zero-order valence-electron chi connectivity index (χ0n) is 12.4. The summed E-state index contributed by atoms with van der Waals surface area (Å²) in [5.74, 6) is -0.942. The molecule has 1 rings (SSSR count). The molecule has 0 saturated carbocycles. The Balaban J connectivity index is 2.32. The maximum atomic E-state index is 11.7. The van der Waals surface area contributed by atoms with Crippen LogP contribution in [0.4, 0.5) is 4.79 Å². The summed E-state index contributed by atoms with van der Waals surface area (Å²) in [4.78, 5) is 22.4. The maximum Gasteiger partial charge on any atom is 0.335 e. The van der Waals surface area contributed by atoms with Gasteiger partial charge in [-0.2, -0.15) is 0 Å². The van der Waals surface area contributed by atoms with Gasteiger partial charge < -0.3 is 20.5 Å². The number of carboxylic acid groups (broad SMARTS) is 1. The van der Waals surface area contributed by atoms with Crippen molar-refractivity contribution >= 4 is 12.0 Å². The van der Waals surface area contributed by atoms with Crippen LogP contribution in [-0.4, -0.2) is 43.4 Å². The summed E-state index contributed by atoms with van der Waals surface area (Å²) >= 11 is 0. The lowest BCUT2D eigenvalue weighted by Crippen LogP contribution is -2.44. The molecule has 0 aliphatic heterocycles. The van der Waals surface area contributed by atoms with Crippen LogP contribution >= 0.6 is 0 Å². The third kappa shape index (κ3) is 6.27. The highest BCUT2D eigenvalue weighted by atomic mass is 16.5. The zero-order chi connectivity index (χ0) is 15.7. The van der Waals surface area contributed by atoms with E-state index in [1.54, 1.807) is 31.4 Å². The van der Waals surface area contributed by atoms with Crippen molar-refractivity contribution in [1.29, 1.82) is 0 Å². The van der Waals surface area contributed by atoms with E-state index < -0.39 is 5.97 Å². The van der Waals surface area contributed by atoms with Gasteiger partial charge in [-0.25, -0.2) is 9.59 Å². The molecule has 6 heteroatoms. The number of methoxy groups -OCH3 is 1. The highest BCUT2D eigenvalue weighted by Crippen LogP contribution is 2.04. The summed E-state index contributed by atoms with van der Waals surface area (Å²) in [7, 11) is 1.60. The third-order valence-corrected chi connectivity index (χ3v) is 3.10. The molecule has 0 aliphatic carbocycles. The first-order valence-corrected chi connectivity index (χ1v) is 6.92. The van der Waals surface area contributed by atoms with E-state index in [4.69, 9.17) is 9.84 Å². The molecule has 0 aromatic heterocycles. The highest BCUT2D eigenvalue weighted by Gasteiger charge is 2.09. The molecule has 1 aromatic carbocycles. The van der Waals surface area contributed by atoms with Gasteiger partial charge in [0.2, 0.25) is 0 Å². The Kier molecular flexibility index (Phi) is 7.25. The average Bonchev–Trinajstić information content (AvgIpc) is 2.47. The standard InChI is InChI=1S/C15H22N2O4/c1-3-13(10-21-2)17-15(20)16-9-8-11-4-6-12(7-5-11)14(18)19/h4-7,13H,3,8-10H2,1-2H3,(H,18,19)(H2,16,17,20). The van der Waals surface area contributed by atoms with Gasteiger partial charge in [0.05, 0.1) is 18.2 Å². The van der Waals surface area contributed by atoms with E-state index in [9.17, 15) is 9.59 Å². The monoisotopic (exact) mass is 294 g/mol. The van der Waals surface area contributed by atoms with E-state index in [1.165, 1.54) is 0 Å². The van der Waals surface area contributed by atoms with Crippen molar-refractivity contribution in [2.75, 3.05) is 20.3 Å². The summed E-state index contributed by atoms with van der Waals surface area (Å²) in [5, 5.41) is 14.4. The average molecular weight is 294 g/mol. The molecule has 1 atom stereocenters. The number of carbonyl (C=O) groups excluding carboxylic acids is 1. The Morgan fingerprint density at radius 1 is 1.29 bits per heavy atom. The van der Waals surface area contributed by atoms with E-state index in [1.807, 2.05) is 6.92 Å². The van der Waals surface area contributed by atoms with Crippen molar-refractivity contribution in [2.45, 2.75) is 25.8 Å². The van der Waals surface area contributed by atoms with Crippen LogP contribution in [0.5, 0.6) is 0 Å². The van der Waals surface area contributed by atoms with Gasteiger partial charge in [0.1, 0.15) is 0 Å². The van der Waals surface area contributed by atoms with Crippen molar-refractivity contribution in [3.05, 3.63) is 35.4 Å². The number of amides is 2. The fourth-order valence-corrected chi connectivity index (χ4v) is 1.83. The van der Waals surface area contributed by atoms with Gasteiger partial charge in [-0.15, -0.1) is 0 Å². The minimum Gasteiger partial charge on any atom is -0.478 e. The molecular formula is C15H22N2O4. The van der Waals surface area contributed by atoms with Crippen LogP contribution in [0.1, 0.15) is 29.3 Å². The first kappa shape index (κ1) is 17.0. The first-order chi connectivity index (χ1) is 10.1. The van der Waals surface area contributed by atoms with Crippen LogP contribution in [-0.2, 0) is 11.2 Å². The molecule has 1 aromatic rings. The summed E-state index contributed by atoms with van der Waals surface area (Å²) < 4.78 is 5.01. The number of rotatable bonds is 8. The number of hydrogen-bond donors (Lipinski definition) is 3.